The molecule has 0 saturated carbocycles. The number of carboxylic acids is 1. The molecule has 0 spiro atoms. The van der Waals surface area contributed by atoms with Crippen molar-refractivity contribution in [3.8, 4) is 0 Å². The molecule has 0 aliphatic carbocycles. The second kappa shape index (κ2) is 7.99. The first-order valence-corrected chi connectivity index (χ1v) is 7.52. The number of benzene rings is 1. The van der Waals surface area contributed by atoms with Crippen molar-refractivity contribution in [2.45, 2.75) is 46.3 Å². The molecule has 3 heteroatoms. The van der Waals surface area contributed by atoms with Gasteiger partial charge in [0, 0.05) is 5.92 Å². The van der Waals surface area contributed by atoms with E-state index in [-0.39, 0.29) is 5.92 Å². The van der Waals surface area contributed by atoms with E-state index < -0.39 is 11.6 Å². The highest BCUT2D eigenvalue weighted by Crippen LogP contribution is 2.29. The first-order valence-electron chi connectivity index (χ1n) is 7.52. The van der Waals surface area contributed by atoms with Gasteiger partial charge >= 0.3 is 5.97 Å². The molecular formula is C18H26O3. The van der Waals surface area contributed by atoms with Gasteiger partial charge in [-0.05, 0) is 17.9 Å². The van der Waals surface area contributed by atoms with Crippen LogP contribution in [0.3, 0.4) is 0 Å². The summed E-state index contributed by atoms with van der Waals surface area (Å²) in [6.07, 6.45) is 4.41. The van der Waals surface area contributed by atoms with Gasteiger partial charge < -0.3 is 9.84 Å². The minimum Gasteiger partial charge on any atom is -0.479 e. The Morgan fingerprint density at radius 2 is 1.86 bits per heavy atom. The van der Waals surface area contributed by atoms with Crippen molar-refractivity contribution in [3.05, 3.63) is 48.0 Å². The molecule has 0 heterocycles. The highest BCUT2D eigenvalue weighted by atomic mass is 16.5. The summed E-state index contributed by atoms with van der Waals surface area (Å²) >= 11 is 0. The number of rotatable bonds is 8. The van der Waals surface area contributed by atoms with Crippen molar-refractivity contribution >= 4 is 5.97 Å². The zero-order valence-electron chi connectivity index (χ0n) is 13.4. The first-order chi connectivity index (χ1) is 9.92. The minimum atomic E-state index is -1.18. The Balaban J connectivity index is 2.90. The smallest absolute Gasteiger partial charge is 0.336 e. The Morgan fingerprint density at radius 3 is 2.33 bits per heavy atom. The molecule has 0 unspecified atom stereocenters. The molecule has 0 amide bonds. The molecular weight excluding hydrogens is 264 g/mol. The molecule has 0 fully saturated rings. The fourth-order valence-electron chi connectivity index (χ4n) is 2.29. The van der Waals surface area contributed by atoms with Crippen LogP contribution in [0.5, 0.6) is 0 Å². The standard InChI is InChI=1S/C18H26O3/c1-5-18(17(19)20,15(4)12-11-14(2)3)21-13-16-9-7-6-8-10-16/h6-12,14-15H,5,13H2,1-4H3,(H,19,20)/b12-11+/t15-,18+/m1/s1. The van der Waals surface area contributed by atoms with Crippen molar-refractivity contribution in [3.63, 3.8) is 0 Å². The van der Waals surface area contributed by atoms with Gasteiger partial charge in [-0.2, -0.15) is 0 Å². The lowest BCUT2D eigenvalue weighted by Crippen LogP contribution is -2.46. The van der Waals surface area contributed by atoms with Gasteiger partial charge in [0.2, 0.25) is 0 Å². The Kier molecular flexibility index (Phi) is 6.63. The zero-order valence-corrected chi connectivity index (χ0v) is 13.4. The molecule has 0 saturated heterocycles. The Hall–Kier alpha value is -1.61. The van der Waals surface area contributed by atoms with Gasteiger partial charge in [0.05, 0.1) is 6.61 Å². The number of aliphatic carboxylic acids is 1. The Labute approximate surface area is 127 Å². The number of allylic oxidation sites excluding steroid dienone is 1. The molecule has 0 aliphatic rings. The normalized spacial score (nSPS) is 16.0. The second-order valence-corrected chi connectivity index (χ2v) is 5.74. The highest BCUT2D eigenvalue weighted by Gasteiger charge is 2.42. The first kappa shape index (κ1) is 17.4. The van der Waals surface area contributed by atoms with Crippen LogP contribution in [0, 0.1) is 11.8 Å². The number of hydrogen-bond acceptors (Lipinski definition) is 2. The fraction of sp³-hybridized carbons (Fsp3) is 0.500. The molecule has 21 heavy (non-hydrogen) atoms. The highest BCUT2D eigenvalue weighted by molar-refractivity contribution is 5.78. The number of carboxylic acid groups (broad SMARTS) is 1. The van der Waals surface area contributed by atoms with E-state index in [2.05, 4.69) is 13.8 Å². The molecule has 0 bridgehead atoms. The molecule has 3 nitrogen and oxygen atoms in total. The van der Waals surface area contributed by atoms with Crippen molar-refractivity contribution < 1.29 is 14.6 Å². The van der Waals surface area contributed by atoms with E-state index in [4.69, 9.17) is 4.74 Å². The SMILES string of the molecule is CC[C@@](OCc1ccccc1)(C(=O)O)[C@H](C)/C=C/C(C)C. The Morgan fingerprint density at radius 1 is 1.24 bits per heavy atom. The lowest BCUT2D eigenvalue weighted by Gasteiger charge is -2.33. The molecule has 1 aromatic carbocycles. The predicted molar refractivity (Wildman–Crippen MR) is 85.0 cm³/mol. The van der Waals surface area contributed by atoms with Crippen LogP contribution in [0.25, 0.3) is 0 Å². The monoisotopic (exact) mass is 290 g/mol. The summed E-state index contributed by atoms with van der Waals surface area (Å²) in [7, 11) is 0. The number of hydrogen-bond donors (Lipinski definition) is 1. The Bertz CT molecular complexity index is 465. The van der Waals surface area contributed by atoms with Crippen LogP contribution in [0.1, 0.15) is 39.7 Å². The van der Waals surface area contributed by atoms with Gasteiger partial charge in [-0.25, -0.2) is 4.79 Å². The summed E-state index contributed by atoms with van der Waals surface area (Å²) in [5.41, 5.74) is -0.196. The maximum absolute atomic E-state index is 11.8. The second-order valence-electron chi connectivity index (χ2n) is 5.74. The van der Waals surface area contributed by atoms with Crippen molar-refractivity contribution in [1.82, 2.24) is 0 Å². The van der Waals surface area contributed by atoms with Gasteiger partial charge in [0.25, 0.3) is 0 Å². The molecule has 1 N–H and O–H groups in total. The van der Waals surface area contributed by atoms with E-state index >= 15 is 0 Å². The predicted octanol–water partition coefficient (Wildman–Crippen LogP) is 4.28. The molecule has 1 rings (SSSR count). The molecule has 2 atom stereocenters. The zero-order chi connectivity index (χ0) is 15.9. The number of carbonyl (C=O) groups is 1. The third-order valence-corrected chi connectivity index (χ3v) is 3.75. The average Bonchev–Trinajstić information content (AvgIpc) is 2.47. The lowest BCUT2D eigenvalue weighted by atomic mass is 9.85. The van der Waals surface area contributed by atoms with Gasteiger partial charge in [-0.15, -0.1) is 0 Å². The van der Waals surface area contributed by atoms with E-state index in [0.717, 1.165) is 5.56 Å². The van der Waals surface area contributed by atoms with Crippen LogP contribution in [-0.4, -0.2) is 16.7 Å². The summed E-state index contributed by atoms with van der Waals surface area (Å²) in [5.74, 6) is -0.696. The van der Waals surface area contributed by atoms with Crippen molar-refractivity contribution in [2.75, 3.05) is 0 Å². The van der Waals surface area contributed by atoms with E-state index in [1.165, 1.54) is 0 Å². The average molecular weight is 290 g/mol. The van der Waals surface area contributed by atoms with Crippen LogP contribution in [-0.2, 0) is 16.1 Å². The number of ether oxygens (including phenoxy) is 1. The van der Waals surface area contributed by atoms with Crippen LogP contribution < -0.4 is 0 Å². The fourth-order valence-corrected chi connectivity index (χ4v) is 2.29. The maximum Gasteiger partial charge on any atom is 0.336 e. The van der Waals surface area contributed by atoms with E-state index in [9.17, 15) is 9.90 Å². The van der Waals surface area contributed by atoms with Gasteiger partial charge in [-0.1, -0.05) is 70.2 Å². The van der Waals surface area contributed by atoms with Crippen molar-refractivity contribution in [1.29, 1.82) is 0 Å². The third-order valence-electron chi connectivity index (χ3n) is 3.75. The van der Waals surface area contributed by atoms with Crippen LogP contribution in [0.15, 0.2) is 42.5 Å². The van der Waals surface area contributed by atoms with E-state index in [1.54, 1.807) is 0 Å². The van der Waals surface area contributed by atoms with Gasteiger partial charge in [-0.3, -0.25) is 0 Å². The summed E-state index contributed by atoms with van der Waals surface area (Å²) in [6.45, 7) is 8.21. The molecule has 1 aromatic rings. The molecule has 0 aromatic heterocycles. The van der Waals surface area contributed by atoms with Gasteiger partial charge in [0.1, 0.15) is 0 Å². The largest absolute Gasteiger partial charge is 0.479 e. The lowest BCUT2D eigenvalue weighted by molar-refractivity contribution is -0.174. The topological polar surface area (TPSA) is 46.5 Å². The van der Waals surface area contributed by atoms with E-state index in [1.807, 2.05) is 56.3 Å². The summed E-state index contributed by atoms with van der Waals surface area (Å²) in [5, 5.41) is 9.68. The van der Waals surface area contributed by atoms with E-state index in [0.29, 0.717) is 18.9 Å². The molecule has 0 radical (unpaired) electrons. The third kappa shape index (κ3) is 4.71. The van der Waals surface area contributed by atoms with Crippen molar-refractivity contribution in [2.24, 2.45) is 11.8 Å². The summed E-state index contributed by atoms with van der Waals surface area (Å²) in [6, 6.07) is 9.67. The molecule has 0 aliphatic heterocycles. The van der Waals surface area contributed by atoms with Crippen LogP contribution in [0.4, 0.5) is 0 Å². The maximum atomic E-state index is 11.8. The minimum absolute atomic E-state index is 0.189. The quantitative estimate of drug-likeness (QED) is 0.727. The van der Waals surface area contributed by atoms with Crippen LogP contribution >= 0.6 is 0 Å². The van der Waals surface area contributed by atoms with Gasteiger partial charge in [0.15, 0.2) is 5.60 Å². The summed E-state index contributed by atoms with van der Waals surface area (Å²) in [4.78, 5) is 11.8. The molecule has 116 valence electrons. The van der Waals surface area contributed by atoms with Crippen LogP contribution in [0.2, 0.25) is 0 Å². The summed E-state index contributed by atoms with van der Waals surface area (Å²) < 4.78 is 5.87.